The van der Waals surface area contributed by atoms with Gasteiger partial charge in [0.05, 0.1) is 11.6 Å². The molecule has 0 unspecified atom stereocenters. The smallest absolute Gasteiger partial charge is 0.376 e. The van der Waals surface area contributed by atoms with E-state index in [-0.39, 0.29) is 11.6 Å². The number of rotatable bonds is 5. The third-order valence-corrected chi connectivity index (χ3v) is 6.17. The van der Waals surface area contributed by atoms with Gasteiger partial charge in [-0.2, -0.15) is 21.6 Å². The summed E-state index contributed by atoms with van der Waals surface area (Å²) in [7, 11) is -5.73. The molecule has 0 aromatic heterocycles. The molecular formula is C23H16F5NO3S. The zero-order valence-electron chi connectivity index (χ0n) is 16.8. The van der Waals surface area contributed by atoms with Crippen LogP contribution in [0.15, 0.2) is 71.7 Å². The van der Waals surface area contributed by atoms with Gasteiger partial charge in [0.2, 0.25) is 0 Å². The van der Waals surface area contributed by atoms with Crippen molar-refractivity contribution in [1.82, 2.24) is 0 Å². The highest BCUT2D eigenvalue weighted by atomic mass is 32.2. The third kappa shape index (κ3) is 4.75. The molecule has 4 nitrogen and oxygen atoms in total. The van der Waals surface area contributed by atoms with Crippen LogP contribution in [0.25, 0.3) is 11.1 Å². The summed E-state index contributed by atoms with van der Waals surface area (Å²) < 4.78 is 91.6. The molecule has 3 aromatic carbocycles. The molecule has 1 atom stereocenters. The predicted molar refractivity (Wildman–Crippen MR) is 112 cm³/mol. The van der Waals surface area contributed by atoms with Gasteiger partial charge in [0.25, 0.3) is 0 Å². The van der Waals surface area contributed by atoms with E-state index in [0.717, 1.165) is 23.3 Å². The van der Waals surface area contributed by atoms with Crippen molar-refractivity contribution in [2.75, 3.05) is 0 Å². The van der Waals surface area contributed by atoms with E-state index in [0.29, 0.717) is 24.1 Å². The highest BCUT2D eigenvalue weighted by molar-refractivity contribution is 7.88. The van der Waals surface area contributed by atoms with Gasteiger partial charge in [0.15, 0.2) is 0 Å². The van der Waals surface area contributed by atoms with Crippen LogP contribution in [0.1, 0.15) is 30.0 Å². The standard InChI is InChI=1S/C23H16F5NO3S/c24-18-2-1-3-19(25)22(18)21-13-12-20(29-21)16-6-4-14(5-7-16)15-8-10-17(11-9-15)32-33(30,31)23(26,27)28/h1-11,20H,12-13H2/t20-/m1/s1. The predicted octanol–water partition coefficient (Wildman–Crippen LogP) is 6.18. The molecule has 0 saturated carbocycles. The quantitative estimate of drug-likeness (QED) is 0.248. The van der Waals surface area contributed by atoms with Crippen LogP contribution in [0.4, 0.5) is 22.0 Å². The van der Waals surface area contributed by atoms with Gasteiger partial charge in [-0.3, -0.25) is 4.99 Å². The maximum atomic E-state index is 14.0. The van der Waals surface area contributed by atoms with Crippen molar-refractivity contribution in [2.45, 2.75) is 24.4 Å². The van der Waals surface area contributed by atoms with E-state index < -0.39 is 33.0 Å². The molecule has 1 aliphatic rings. The second kappa shape index (κ2) is 8.58. The zero-order chi connectivity index (χ0) is 23.8. The number of alkyl halides is 3. The van der Waals surface area contributed by atoms with Crippen LogP contribution in [0.3, 0.4) is 0 Å². The molecule has 0 N–H and O–H groups in total. The first-order valence-electron chi connectivity index (χ1n) is 9.77. The Bertz CT molecular complexity index is 1280. The molecule has 0 aliphatic carbocycles. The molecule has 3 aromatic rings. The van der Waals surface area contributed by atoms with Crippen molar-refractivity contribution >= 4 is 15.8 Å². The number of aliphatic imine (C=N–C) groups is 1. The monoisotopic (exact) mass is 481 g/mol. The molecule has 0 fully saturated rings. The Morgan fingerprint density at radius 1 is 0.848 bits per heavy atom. The molecule has 0 amide bonds. The second-order valence-corrected chi connectivity index (χ2v) is 8.89. The van der Waals surface area contributed by atoms with Crippen LogP contribution >= 0.6 is 0 Å². The largest absolute Gasteiger partial charge is 0.534 e. The van der Waals surface area contributed by atoms with Gasteiger partial charge in [-0.1, -0.05) is 42.5 Å². The Balaban J connectivity index is 1.50. The lowest BCUT2D eigenvalue weighted by Crippen LogP contribution is -2.28. The summed E-state index contributed by atoms with van der Waals surface area (Å²) in [6.07, 6.45) is 1.04. The molecule has 0 bridgehead atoms. The lowest BCUT2D eigenvalue weighted by molar-refractivity contribution is -0.0500. The van der Waals surface area contributed by atoms with Gasteiger partial charge in [-0.05, 0) is 53.8 Å². The van der Waals surface area contributed by atoms with Gasteiger partial charge < -0.3 is 4.18 Å². The van der Waals surface area contributed by atoms with Crippen LogP contribution in [-0.2, 0) is 10.1 Å². The summed E-state index contributed by atoms with van der Waals surface area (Å²) in [6, 6.07) is 15.7. The first kappa shape index (κ1) is 22.9. The second-order valence-electron chi connectivity index (χ2n) is 7.36. The van der Waals surface area contributed by atoms with Crippen molar-refractivity contribution < 1.29 is 34.6 Å². The maximum absolute atomic E-state index is 14.0. The SMILES string of the molecule is O=S(=O)(Oc1ccc(-c2ccc([C@H]3CCC(c4c(F)cccc4F)=N3)cc2)cc1)C(F)(F)F. The Labute approximate surface area is 186 Å². The average Bonchev–Trinajstić information content (AvgIpc) is 3.23. The van der Waals surface area contributed by atoms with Crippen LogP contribution in [-0.4, -0.2) is 19.6 Å². The number of halogens is 5. The molecule has 1 heterocycles. The van der Waals surface area contributed by atoms with Gasteiger partial charge in [0, 0.05) is 5.71 Å². The molecule has 33 heavy (non-hydrogen) atoms. The van der Waals surface area contributed by atoms with Gasteiger partial charge in [-0.15, -0.1) is 0 Å². The molecule has 1 aliphatic heterocycles. The van der Waals surface area contributed by atoms with Crippen molar-refractivity contribution in [1.29, 1.82) is 0 Å². The topological polar surface area (TPSA) is 55.7 Å². The summed E-state index contributed by atoms with van der Waals surface area (Å²) in [5.41, 5.74) is -3.03. The van der Waals surface area contributed by atoms with E-state index in [9.17, 15) is 30.4 Å². The normalized spacial score (nSPS) is 16.5. The highest BCUT2D eigenvalue weighted by Gasteiger charge is 2.48. The van der Waals surface area contributed by atoms with E-state index in [4.69, 9.17) is 0 Å². The van der Waals surface area contributed by atoms with E-state index in [1.165, 1.54) is 30.3 Å². The van der Waals surface area contributed by atoms with Gasteiger partial charge in [-0.25, -0.2) is 8.78 Å². The van der Waals surface area contributed by atoms with Crippen LogP contribution in [0.2, 0.25) is 0 Å². The molecule has 4 rings (SSSR count). The molecule has 0 radical (unpaired) electrons. The number of benzene rings is 3. The summed E-state index contributed by atoms with van der Waals surface area (Å²) >= 11 is 0. The van der Waals surface area contributed by atoms with Crippen LogP contribution in [0, 0.1) is 11.6 Å². The fraction of sp³-hybridized carbons (Fsp3) is 0.174. The minimum Gasteiger partial charge on any atom is -0.376 e. The Hall–Kier alpha value is -3.27. The first-order valence-corrected chi connectivity index (χ1v) is 11.2. The fourth-order valence-electron chi connectivity index (χ4n) is 3.57. The lowest BCUT2D eigenvalue weighted by Gasteiger charge is -2.11. The minimum absolute atomic E-state index is 0.105. The lowest BCUT2D eigenvalue weighted by atomic mass is 9.99. The first-order chi connectivity index (χ1) is 15.5. The van der Waals surface area contributed by atoms with E-state index in [1.54, 1.807) is 12.1 Å². The third-order valence-electron chi connectivity index (χ3n) is 5.19. The molecule has 10 heteroatoms. The summed E-state index contributed by atoms with van der Waals surface area (Å²) in [4.78, 5) is 4.49. The van der Waals surface area contributed by atoms with E-state index >= 15 is 0 Å². The minimum atomic E-state index is -5.73. The van der Waals surface area contributed by atoms with E-state index in [2.05, 4.69) is 9.18 Å². The van der Waals surface area contributed by atoms with Crippen molar-refractivity contribution in [2.24, 2.45) is 4.99 Å². The van der Waals surface area contributed by atoms with E-state index in [1.807, 2.05) is 12.1 Å². The van der Waals surface area contributed by atoms with Crippen molar-refractivity contribution in [3.63, 3.8) is 0 Å². The molecule has 0 saturated heterocycles. The number of hydrogen-bond donors (Lipinski definition) is 0. The van der Waals surface area contributed by atoms with Crippen LogP contribution in [0.5, 0.6) is 5.75 Å². The Kier molecular flexibility index (Phi) is 5.96. The zero-order valence-corrected chi connectivity index (χ0v) is 17.6. The number of nitrogens with zero attached hydrogens (tertiary/aromatic N) is 1. The van der Waals surface area contributed by atoms with Gasteiger partial charge in [0.1, 0.15) is 17.4 Å². The highest BCUT2D eigenvalue weighted by Crippen LogP contribution is 2.34. The summed E-state index contributed by atoms with van der Waals surface area (Å²) in [6.45, 7) is 0. The average molecular weight is 481 g/mol. The fourth-order valence-corrected chi connectivity index (χ4v) is 4.03. The van der Waals surface area contributed by atoms with Gasteiger partial charge >= 0.3 is 15.6 Å². The number of hydrogen-bond acceptors (Lipinski definition) is 4. The van der Waals surface area contributed by atoms with Crippen molar-refractivity contribution in [3.8, 4) is 16.9 Å². The summed E-state index contributed by atoms with van der Waals surface area (Å²) in [5, 5.41) is 0. The maximum Gasteiger partial charge on any atom is 0.534 e. The Morgan fingerprint density at radius 2 is 1.39 bits per heavy atom. The molecular weight excluding hydrogens is 465 g/mol. The molecule has 0 spiro atoms. The summed E-state index contributed by atoms with van der Waals surface area (Å²) in [5.74, 6) is -1.76. The van der Waals surface area contributed by atoms with Crippen molar-refractivity contribution in [3.05, 3.63) is 89.5 Å². The molecule has 172 valence electrons. The van der Waals surface area contributed by atoms with Crippen LogP contribution < -0.4 is 4.18 Å². The Morgan fingerprint density at radius 3 is 1.94 bits per heavy atom.